The van der Waals surface area contributed by atoms with E-state index < -0.39 is 0 Å². The second kappa shape index (κ2) is 4.45. The van der Waals surface area contributed by atoms with Crippen molar-refractivity contribution in [1.29, 1.82) is 0 Å². The van der Waals surface area contributed by atoms with Gasteiger partial charge in [0.15, 0.2) is 4.80 Å². The normalized spacial score (nSPS) is 11.9. The van der Waals surface area contributed by atoms with Crippen molar-refractivity contribution in [3.8, 4) is 0 Å². The van der Waals surface area contributed by atoms with Gasteiger partial charge in [0.1, 0.15) is 0 Å². The van der Waals surface area contributed by atoms with E-state index in [2.05, 4.69) is 11.6 Å². The molecule has 3 nitrogen and oxygen atoms in total. The summed E-state index contributed by atoms with van der Waals surface area (Å²) in [5, 5.41) is 0. The van der Waals surface area contributed by atoms with Crippen molar-refractivity contribution in [1.82, 2.24) is 4.57 Å². The smallest absolute Gasteiger partial charge is 0.245 e. The molecule has 1 amide bonds. The molecular weight excluding hydrogens is 220 g/mol. The molecule has 82 valence electrons. The molecule has 0 aliphatic rings. The van der Waals surface area contributed by atoms with E-state index in [0.29, 0.717) is 6.54 Å². The topological polar surface area (TPSA) is 34.4 Å². The van der Waals surface area contributed by atoms with E-state index in [1.807, 2.05) is 28.8 Å². The molecular formula is C12H12N2OS. The van der Waals surface area contributed by atoms with Crippen LogP contribution in [-0.2, 0) is 11.3 Å². The molecule has 0 aliphatic heterocycles. The van der Waals surface area contributed by atoms with Crippen molar-refractivity contribution in [3.63, 3.8) is 0 Å². The Balaban J connectivity index is 2.77. The Labute approximate surface area is 97.4 Å². The summed E-state index contributed by atoms with van der Waals surface area (Å²) in [5.41, 5.74) is 1.09. The Bertz CT molecular complexity index is 607. The molecule has 0 unspecified atom stereocenters. The van der Waals surface area contributed by atoms with Crippen LogP contribution in [-0.4, -0.2) is 10.5 Å². The van der Waals surface area contributed by atoms with Gasteiger partial charge < -0.3 is 4.57 Å². The Hall–Kier alpha value is -1.68. The second-order valence-electron chi connectivity index (χ2n) is 3.38. The maximum atomic E-state index is 11.0. The van der Waals surface area contributed by atoms with Crippen LogP contribution in [0.25, 0.3) is 10.2 Å². The largest absolute Gasteiger partial charge is 0.313 e. The fourth-order valence-corrected chi connectivity index (χ4v) is 2.63. The maximum absolute atomic E-state index is 11.0. The fourth-order valence-electron chi connectivity index (χ4n) is 1.55. The number of allylic oxidation sites excluding steroid dienone is 1. The van der Waals surface area contributed by atoms with Gasteiger partial charge in [-0.1, -0.05) is 29.5 Å². The highest BCUT2D eigenvalue weighted by atomic mass is 32.1. The third-order valence-corrected chi connectivity index (χ3v) is 3.21. The Morgan fingerprint density at radius 1 is 1.56 bits per heavy atom. The van der Waals surface area contributed by atoms with Gasteiger partial charge in [-0.2, -0.15) is 4.99 Å². The van der Waals surface area contributed by atoms with E-state index >= 15 is 0 Å². The highest BCUT2D eigenvalue weighted by Gasteiger charge is 2.04. The van der Waals surface area contributed by atoms with Crippen LogP contribution < -0.4 is 4.80 Å². The zero-order valence-corrected chi connectivity index (χ0v) is 9.83. The molecule has 4 heteroatoms. The average molecular weight is 232 g/mol. The van der Waals surface area contributed by atoms with Gasteiger partial charge in [0.25, 0.3) is 0 Å². The zero-order chi connectivity index (χ0) is 11.5. The number of fused-ring (bicyclic) bond motifs is 1. The minimum atomic E-state index is -0.177. The number of hydrogen-bond acceptors (Lipinski definition) is 2. The molecule has 1 aromatic carbocycles. The van der Waals surface area contributed by atoms with E-state index in [-0.39, 0.29) is 5.91 Å². The SMILES string of the molecule is C=CCn1c(=NC(C)=O)sc2ccccc21. The molecule has 0 radical (unpaired) electrons. The molecule has 1 aromatic heterocycles. The molecule has 0 fully saturated rings. The van der Waals surface area contributed by atoms with Gasteiger partial charge in [-0.15, -0.1) is 6.58 Å². The quantitative estimate of drug-likeness (QED) is 0.732. The number of carbonyl (C=O) groups excluding carboxylic acids is 1. The summed E-state index contributed by atoms with van der Waals surface area (Å²) in [6.45, 7) is 5.84. The van der Waals surface area contributed by atoms with Gasteiger partial charge in [-0.25, -0.2) is 0 Å². The minimum Gasteiger partial charge on any atom is -0.313 e. The molecule has 2 rings (SSSR count). The van der Waals surface area contributed by atoms with Crippen LogP contribution in [0.5, 0.6) is 0 Å². The number of para-hydroxylation sites is 1. The Morgan fingerprint density at radius 2 is 2.31 bits per heavy atom. The summed E-state index contributed by atoms with van der Waals surface area (Å²) in [6, 6.07) is 8.01. The van der Waals surface area contributed by atoms with Crippen LogP contribution in [0.2, 0.25) is 0 Å². The van der Waals surface area contributed by atoms with Crippen molar-refractivity contribution in [2.75, 3.05) is 0 Å². The highest BCUT2D eigenvalue weighted by Crippen LogP contribution is 2.16. The lowest BCUT2D eigenvalue weighted by atomic mass is 10.3. The average Bonchev–Trinajstić information content (AvgIpc) is 2.57. The predicted octanol–water partition coefficient (Wildman–Crippen LogP) is 2.34. The molecule has 0 saturated heterocycles. The molecule has 0 bridgehead atoms. The van der Waals surface area contributed by atoms with Crippen LogP contribution in [0.15, 0.2) is 41.9 Å². The van der Waals surface area contributed by atoms with Crippen LogP contribution in [0.1, 0.15) is 6.92 Å². The summed E-state index contributed by atoms with van der Waals surface area (Å²) in [6.07, 6.45) is 1.80. The van der Waals surface area contributed by atoms with E-state index in [9.17, 15) is 4.79 Å². The summed E-state index contributed by atoms with van der Waals surface area (Å²) in [4.78, 5) is 15.8. The first-order valence-corrected chi connectivity index (χ1v) is 5.78. The Kier molecular flexibility index (Phi) is 3.01. The van der Waals surface area contributed by atoms with E-state index in [4.69, 9.17) is 0 Å². The van der Waals surface area contributed by atoms with Gasteiger partial charge >= 0.3 is 0 Å². The van der Waals surface area contributed by atoms with Crippen molar-refractivity contribution < 1.29 is 4.79 Å². The molecule has 2 aromatic rings. The standard InChI is InChI=1S/C12H12N2OS/c1-3-8-14-10-6-4-5-7-11(10)16-12(14)13-9(2)15/h3-7H,1,8H2,2H3. The lowest BCUT2D eigenvalue weighted by molar-refractivity contribution is -0.116. The lowest BCUT2D eigenvalue weighted by Crippen LogP contribution is -2.15. The lowest BCUT2D eigenvalue weighted by Gasteiger charge is -1.99. The van der Waals surface area contributed by atoms with Gasteiger partial charge in [0, 0.05) is 13.5 Å². The van der Waals surface area contributed by atoms with Gasteiger partial charge in [-0.3, -0.25) is 4.79 Å². The molecule has 0 saturated carbocycles. The second-order valence-corrected chi connectivity index (χ2v) is 4.39. The van der Waals surface area contributed by atoms with E-state index in [1.54, 1.807) is 6.08 Å². The maximum Gasteiger partial charge on any atom is 0.245 e. The van der Waals surface area contributed by atoms with Crippen LogP contribution >= 0.6 is 11.3 Å². The highest BCUT2D eigenvalue weighted by molar-refractivity contribution is 7.16. The summed E-state index contributed by atoms with van der Waals surface area (Å²) < 4.78 is 3.12. The molecule has 0 aliphatic carbocycles. The first-order chi connectivity index (χ1) is 7.72. The monoisotopic (exact) mass is 232 g/mol. The summed E-state index contributed by atoms with van der Waals surface area (Å²) >= 11 is 1.52. The summed E-state index contributed by atoms with van der Waals surface area (Å²) in [5.74, 6) is -0.177. The molecule has 16 heavy (non-hydrogen) atoms. The number of benzene rings is 1. The molecule has 0 atom stereocenters. The van der Waals surface area contributed by atoms with Gasteiger partial charge in [0.2, 0.25) is 5.91 Å². The number of nitrogens with zero attached hydrogens (tertiary/aromatic N) is 2. The summed E-state index contributed by atoms with van der Waals surface area (Å²) in [7, 11) is 0. The van der Waals surface area contributed by atoms with Crippen molar-refractivity contribution in [2.24, 2.45) is 4.99 Å². The number of carbonyl (C=O) groups is 1. The molecule has 0 N–H and O–H groups in total. The third kappa shape index (κ3) is 1.97. The molecule has 1 heterocycles. The van der Waals surface area contributed by atoms with E-state index in [0.717, 1.165) is 15.0 Å². The van der Waals surface area contributed by atoms with Crippen LogP contribution in [0.3, 0.4) is 0 Å². The number of amides is 1. The van der Waals surface area contributed by atoms with Crippen molar-refractivity contribution >= 4 is 27.5 Å². The van der Waals surface area contributed by atoms with Gasteiger partial charge in [-0.05, 0) is 12.1 Å². The number of rotatable bonds is 2. The van der Waals surface area contributed by atoms with E-state index in [1.165, 1.54) is 18.3 Å². The Morgan fingerprint density at radius 3 is 3.00 bits per heavy atom. The number of aromatic nitrogens is 1. The van der Waals surface area contributed by atoms with Crippen molar-refractivity contribution in [3.05, 3.63) is 41.7 Å². The van der Waals surface area contributed by atoms with Crippen LogP contribution in [0, 0.1) is 0 Å². The molecule has 0 spiro atoms. The fraction of sp³-hybridized carbons (Fsp3) is 0.167. The predicted molar refractivity (Wildman–Crippen MR) is 66.3 cm³/mol. The number of hydrogen-bond donors (Lipinski definition) is 0. The number of thiazole rings is 1. The first-order valence-electron chi connectivity index (χ1n) is 4.97. The zero-order valence-electron chi connectivity index (χ0n) is 9.01. The first kappa shape index (κ1) is 10.8. The van der Waals surface area contributed by atoms with Crippen LogP contribution in [0.4, 0.5) is 0 Å². The van der Waals surface area contributed by atoms with Crippen molar-refractivity contribution in [2.45, 2.75) is 13.5 Å². The minimum absolute atomic E-state index is 0.177. The van der Waals surface area contributed by atoms with Gasteiger partial charge in [0.05, 0.1) is 10.2 Å². The third-order valence-electron chi connectivity index (χ3n) is 2.15.